The minimum absolute atomic E-state index is 0.0683. The summed E-state index contributed by atoms with van der Waals surface area (Å²) in [5, 5.41) is 13.2. The molecule has 4 bridgehead atoms. The first kappa shape index (κ1) is 14.9. The van der Waals surface area contributed by atoms with Crippen molar-refractivity contribution in [2.24, 2.45) is 17.8 Å². The first-order chi connectivity index (χ1) is 11.1. The monoisotopic (exact) mass is 311 g/mol. The Bertz CT molecular complexity index is 572. The summed E-state index contributed by atoms with van der Waals surface area (Å²) in [5.74, 6) is 1.69. The molecule has 0 spiro atoms. The fourth-order valence-corrected chi connectivity index (χ4v) is 5.58. The Labute approximate surface area is 137 Å². The van der Waals surface area contributed by atoms with E-state index in [1.54, 1.807) is 0 Å². The van der Waals surface area contributed by atoms with E-state index in [2.05, 4.69) is 5.32 Å². The lowest BCUT2D eigenvalue weighted by Gasteiger charge is -2.57. The number of hydrogen-bond donors (Lipinski definition) is 2. The Morgan fingerprint density at radius 3 is 2.17 bits per heavy atom. The van der Waals surface area contributed by atoms with Gasteiger partial charge in [-0.3, -0.25) is 10.1 Å². The lowest BCUT2D eigenvalue weighted by atomic mass is 9.53. The molecule has 4 aliphatic rings. The fraction of sp³-hybridized carbons (Fsp3) is 0.550. The SMILES string of the molecule is O=C(O)C(/C=C/c1ccccc1)NC12CC3CC(CC(C3)C1)C2. The Morgan fingerprint density at radius 1 is 1.09 bits per heavy atom. The largest absolute Gasteiger partial charge is 0.480 e. The van der Waals surface area contributed by atoms with Crippen LogP contribution in [0.25, 0.3) is 6.08 Å². The first-order valence-corrected chi connectivity index (χ1v) is 8.86. The van der Waals surface area contributed by atoms with Crippen molar-refractivity contribution in [3.63, 3.8) is 0 Å². The van der Waals surface area contributed by atoms with Gasteiger partial charge in [0.25, 0.3) is 0 Å². The minimum atomic E-state index is -0.770. The number of carboxylic acid groups (broad SMARTS) is 1. The highest BCUT2D eigenvalue weighted by Crippen LogP contribution is 2.55. The summed E-state index contributed by atoms with van der Waals surface area (Å²) in [6, 6.07) is 9.33. The van der Waals surface area contributed by atoms with Crippen molar-refractivity contribution in [3.05, 3.63) is 42.0 Å². The van der Waals surface area contributed by atoms with Gasteiger partial charge in [-0.05, 0) is 61.8 Å². The summed E-state index contributed by atoms with van der Waals surface area (Å²) in [4.78, 5) is 11.7. The van der Waals surface area contributed by atoms with Crippen LogP contribution in [0.5, 0.6) is 0 Å². The third-order valence-corrected chi connectivity index (χ3v) is 6.05. The zero-order valence-electron chi connectivity index (χ0n) is 13.4. The van der Waals surface area contributed by atoms with E-state index in [1.165, 1.54) is 38.5 Å². The van der Waals surface area contributed by atoms with Gasteiger partial charge in [0.1, 0.15) is 6.04 Å². The van der Waals surface area contributed by atoms with E-state index in [0.29, 0.717) is 0 Å². The molecule has 1 atom stereocenters. The summed E-state index contributed by atoms with van der Waals surface area (Å²) in [5.41, 5.74) is 1.12. The van der Waals surface area contributed by atoms with Crippen molar-refractivity contribution in [1.29, 1.82) is 0 Å². The molecule has 0 aromatic heterocycles. The van der Waals surface area contributed by atoms with Crippen LogP contribution in [0.3, 0.4) is 0 Å². The van der Waals surface area contributed by atoms with Gasteiger partial charge < -0.3 is 5.11 Å². The van der Waals surface area contributed by atoms with E-state index in [1.807, 2.05) is 42.5 Å². The van der Waals surface area contributed by atoms with E-state index in [4.69, 9.17) is 0 Å². The average Bonchev–Trinajstić information content (AvgIpc) is 2.51. The van der Waals surface area contributed by atoms with Gasteiger partial charge in [-0.2, -0.15) is 0 Å². The third kappa shape index (κ3) is 3.07. The normalized spacial score (nSPS) is 36.4. The Balaban J connectivity index is 1.50. The van der Waals surface area contributed by atoms with Crippen molar-refractivity contribution in [2.45, 2.75) is 50.1 Å². The fourth-order valence-electron chi connectivity index (χ4n) is 5.58. The molecule has 5 rings (SSSR count). The molecular formula is C20H25NO2. The highest BCUT2D eigenvalue weighted by Gasteiger charge is 2.51. The molecule has 1 aromatic rings. The highest BCUT2D eigenvalue weighted by molar-refractivity contribution is 5.77. The van der Waals surface area contributed by atoms with E-state index in [9.17, 15) is 9.90 Å². The number of aliphatic carboxylic acids is 1. The topological polar surface area (TPSA) is 49.3 Å². The quantitative estimate of drug-likeness (QED) is 0.871. The van der Waals surface area contributed by atoms with E-state index in [0.717, 1.165) is 23.3 Å². The molecule has 4 aliphatic carbocycles. The molecular weight excluding hydrogens is 286 g/mol. The second kappa shape index (κ2) is 5.79. The zero-order valence-corrected chi connectivity index (χ0v) is 13.4. The average molecular weight is 311 g/mol. The summed E-state index contributed by atoms with van der Waals surface area (Å²) in [6.07, 6.45) is 11.4. The Morgan fingerprint density at radius 2 is 1.65 bits per heavy atom. The molecule has 0 aliphatic heterocycles. The van der Waals surface area contributed by atoms with Crippen LogP contribution < -0.4 is 5.32 Å². The van der Waals surface area contributed by atoms with Crippen molar-refractivity contribution in [2.75, 3.05) is 0 Å². The maximum Gasteiger partial charge on any atom is 0.324 e. The van der Waals surface area contributed by atoms with Crippen LogP contribution >= 0.6 is 0 Å². The van der Waals surface area contributed by atoms with Crippen LogP contribution in [-0.4, -0.2) is 22.7 Å². The summed E-state index contributed by atoms with van der Waals surface area (Å²) >= 11 is 0. The molecule has 3 nitrogen and oxygen atoms in total. The van der Waals surface area contributed by atoms with Crippen molar-refractivity contribution in [1.82, 2.24) is 5.32 Å². The van der Waals surface area contributed by atoms with Crippen LogP contribution in [0.4, 0.5) is 0 Å². The van der Waals surface area contributed by atoms with Crippen LogP contribution in [-0.2, 0) is 4.79 Å². The molecule has 1 unspecified atom stereocenters. The molecule has 0 amide bonds. The van der Waals surface area contributed by atoms with Crippen molar-refractivity contribution in [3.8, 4) is 0 Å². The van der Waals surface area contributed by atoms with E-state index < -0.39 is 12.0 Å². The van der Waals surface area contributed by atoms with Gasteiger partial charge in [-0.25, -0.2) is 0 Å². The van der Waals surface area contributed by atoms with Crippen LogP contribution in [0, 0.1) is 17.8 Å². The molecule has 3 heteroatoms. The van der Waals surface area contributed by atoms with Gasteiger partial charge >= 0.3 is 5.97 Å². The smallest absolute Gasteiger partial charge is 0.324 e. The molecule has 2 N–H and O–H groups in total. The Hall–Kier alpha value is -1.61. The van der Waals surface area contributed by atoms with Crippen molar-refractivity contribution < 1.29 is 9.90 Å². The molecule has 0 saturated heterocycles. The van der Waals surface area contributed by atoms with Crippen LogP contribution in [0.1, 0.15) is 44.1 Å². The van der Waals surface area contributed by atoms with Crippen molar-refractivity contribution >= 4 is 12.0 Å². The molecule has 0 radical (unpaired) electrons. The van der Waals surface area contributed by atoms with Gasteiger partial charge in [-0.15, -0.1) is 0 Å². The first-order valence-electron chi connectivity index (χ1n) is 8.86. The van der Waals surface area contributed by atoms with Gasteiger partial charge in [-0.1, -0.05) is 42.5 Å². The summed E-state index contributed by atoms with van der Waals surface area (Å²) in [6.45, 7) is 0. The van der Waals surface area contributed by atoms with Crippen LogP contribution in [0.2, 0.25) is 0 Å². The Kier molecular flexibility index (Phi) is 3.76. The molecule has 4 fully saturated rings. The van der Waals surface area contributed by atoms with Gasteiger partial charge in [0, 0.05) is 5.54 Å². The van der Waals surface area contributed by atoms with Gasteiger partial charge in [0.2, 0.25) is 0 Å². The molecule has 0 heterocycles. The standard InChI is InChI=1S/C20H25NO2/c22-19(23)18(7-6-14-4-2-1-3-5-14)21-20-11-15-8-16(12-20)10-17(9-15)13-20/h1-7,15-18,21H,8-13H2,(H,22,23)/b7-6+. The third-order valence-electron chi connectivity index (χ3n) is 6.05. The van der Waals surface area contributed by atoms with Gasteiger partial charge in [0.15, 0.2) is 0 Å². The number of hydrogen-bond acceptors (Lipinski definition) is 2. The maximum atomic E-state index is 11.7. The predicted octanol–water partition coefficient (Wildman–Crippen LogP) is 3.71. The maximum absolute atomic E-state index is 11.7. The number of rotatable bonds is 5. The second-order valence-corrected chi connectivity index (χ2v) is 7.93. The van der Waals surface area contributed by atoms with E-state index >= 15 is 0 Å². The number of carboxylic acids is 1. The molecule has 1 aromatic carbocycles. The highest BCUT2D eigenvalue weighted by atomic mass is 16.4. The number of nitrogens with one attached hydrogen (secondary N) is 1. The second-order valence-electron chi connectivity index (χ2n) is 7.93. The summed E-state index contributed by atoms with van der Waals surface area (Å²) in [7, 11) is 0. The van der Waals surface area contributed by atoms with Gasteiger partial charge in [0.05, 0.1) is 0 Å². The van der Waals surface area contributed by atoms with E-state index in [-0.39, 0.29) is 5.54 Å². The summed E-state index contributed by atoms with van der Waals surface area (Å²) < 4.78 is 0. The number of benzene rings is 1. The molecule has 122 valence electrons. The zero-order chi connectivity index (χ0) is 15.9. The minimum Gasteiger partial charge on any atom is -0.480 e. The molecule has 4 saturated carbocycles. The van der Waals surface area contributed by atoms with Crippen LogP contribution in [0.15, 0.2) is 36.4 Å². The lowest BCUT2D eigenvalue weighted by molar-refractivity contribution is -0.139. The predicted molar refractivity (Wildman–Crippen MR) is 90.9 cm³/mol. The lowest BCUT2D eigenvalue weighted by Crippen LogP contribution is -2.61. The number of carbonyl (C=O) groups is 1. The molecule has 23 heavy (non-hydrogen) atoms.